The monoisotopic (exact) mass is 264 g/mol. The van der Waals surface area contributed by atoms with Crippen LogP contribution >= 0.6 is 23.2 Å². The molecule has 0 saturated heterocycles. The van der Waals surface area contributed by atoms with Gasteiger partial charge in [-0.1, -0.05) is 29.3 Å². The van der Waals surface area contributed by atoms with Crippen molar-refractivity contribution in [3.05, 3.63) is 57.1 Å². The quantitative estimate of drug-likeness (QED) is 0.703. The van der Waals surface area contributed by atoms with E-state index >= 15 is 0 Å². The molecule has 0 saturated carbocycles. The van der Waals surface area contributed by atoms with Crippen LogP contribution < -0.4 is 0 Å². The predicted molar refractivity (Wildman–Crippen MR) is 70.6 cm³/mol. The van der Waals surface area contributed by atoms with E-state index in [4.69, 9.17) is 23.2 Å². The number of benzene rings is 2. The van der Waals surface area contributed by atoms with Crippen LogP contribution in [0.25, 0.3) is 11.1 Å². The molecular weight excluding hydrogens is 255 g/mol. The van der Waals surface area contributed by atoms with Gasteiger partial charge in [0.15, 0.2) is 0 Å². The molecule has 0 aromatic heterocycles. The van der Waals surface area contributed by atoms with Gasteiger partial charge in [0.2, 0.25) is 0 Å². The van der Waals surface area contributed by atoms with Gasteiger partial charge in [-0.15, -0.1) is 0 Å². The van der Waals surface area contributed by atoms with E-state index in [1.807, 2.05) is 30.3 Å². The maximum absolute atomic E-state index is 9.42. The molecule has 0 atom stereocenters. The van der Waals surface area contributed by atoms with E-state index in [1.165, 1.54) is 11.1 Å². The van der Waals surface area contributed by atoms with Crippen molar-refractivity contribution in [2.75, 3.05) is 0 Å². The van der Waals surface area contributed by atoms with Crippen molar-refractivity contribution in [3.8, 4) is 11.1 Å². The van der Waals surface area contributed by atoms with Crippen molar-refractivity contribution in [1.82, 2.24) is 0 Å². The highest BCUT2D eigenvalue weighted by molar-refractivity contribution is 6.31. The molecule has 0 radical (unpaired) electrons. The first-order valence-corrected chi connectivity index (χ1v) is 6.15. The predicted octanol–water partition coefficient (Wildman–Crippen LogP) is 4.06. The van der Waals surface area contributed by atoms with Gasteiger partial charge in [-0.3, -0.25) is 0 Å². The first-order valence-electron chi connectivity index (χ1n) is 5.40. The van der Waals surface area contributed by atoms with E-state index < -0.39 is 0 Å². The second kappa shape index (κ2) is 4.02. The minimum absolute atomic E-state index is 0.00492. The second-order valence-corrected chi connectivity index (χ2v) is 5.11. The lowest BCUT2D eigenvalue weighted by atomic mass is 10.00. The Labute approximate surface area is 110 Å². The Kier molecular flexibility index (Phi) is 2.62. The average molecular weight is 265 g/mol. The van der Waals surface area contributed by atoms with E-state index in [9.17, 15) is 5.11 Å². The molecule has 1 aliphatic rings. The fraction of sp³-hybridized carbons (Fsp3) is 0.143. The van der Waals surface area contributed by atoms with Crippen molar-refractivity contribution in [3.63, 3.8) is 0 Å². The van der Waals surface area contributed by atoms with Crippen molar-refractivity contribution in [2.24, 2.45) is 0 Å². The summed E-state index contributed by atoms with van der Waals surface area (Å²) in [5.74, 6) is 0. The Morgan fingerprint density at radius 2 is 1.76 bits per heavy atom. The summed E-state index contributed by atoms with van der Waals surface area (Å²) >= 11 is 12.0. The van der Waals surface area contributed by atoms with Gasteiger partial charge in [0, 0.05) is 10.0 Å². The highest BCUT2D eigenvalue weighted by Crippen LogP contribution is 2.41. The second-order valence-electron chi connectivity index (χ2n) is 4.24. The SMILES string of the molecule is OCc1cc(Cl)cc2c1-c1ccc(Cl)cc1C2. The van der Waals surface area contributed by atoms with Crippen molar-refractivity contribution < 1.29 is 5.11 Å². The normalized spacial score (nSPS) is 12.4. The van der Waals surface area contributed by atoms with Crippen LogP contribution in [-0.4, -0.2) is 5.11 Å². The van der Waals surface area contributed by atoms with E-state index in [1.54, 1.807) is 0 Å². The summed E-state index contributed by atoms with van der Waals surface area (Å²) in [6.45, 7) is 0.00492. The first kappa shape index (κ1) is 11.1. The van der Waals surface area contributed by atoms with Crippen molar-refractivity contribution >= 4 is 23.2 Å². The molecule has 0 heterocycles. The van der Waals surface area contributed by atoms with E-state index in [2.05, 4.69) is 0 Å². The molecule has 86 valence electrons. The van der Waals surface area contributed by atoms with Crippen LogP contribution in [0, 0.1) is 0 Å². The fourth-order valence-electron chi connectivity index (χ4n) is 2.49. The number of rotatable bonds is 1. The highest BCUT2D eigenvalue weighted by atomic mass is 35.5. The first-order chi connectivity index (χ1) is 8.19. The van der Waals surface area contributed by atoms with E-state index in [0.717, 1.165) is 28.1 Å². The largest absolute Gasteiger partial charge is 0.392 e. The van der Waals surface area contributed by atoms with Gasteiger partial charge in [-0.25, -0.2) is 0 Å². The third-order valence-corrected chi connectivity index (χ3v) is 3.61. The van der Waals surface area contributed by atoms with Crippen LogP contribution in [0.5, 0.6) is 0 Å². The summed E-state index contributed by atoms with van der Waals surface area (Å²) in [7, 11) is 0. The standard InChI is InChI=1S/C14H10Cl2O/c15-11-1-2-13-8(4-11)3-9-5-12(16)6-10(7-17)14(9)13/h1-2,4-6,17H,3,7H2. The van der Waals surface area contributed by atoms with Gasteiger partial charge in [0.1, 0.15) is 0 Å². The van der Waals surface area contributed by atoms with E-state index in [-0.39, 0.29) is 6.61 Å². The lowest BCUT2D eigenvalue weighted by molar-refractivity contribution is 0.282. The zero-order valence-electron chi connectivity index (χ0n) is 9.00. The zero-order valence-corrected chi connectivity index (χ0v) is 10.5. The van der Waals surface area contributed by atoms with Crippen molar-refractivity contribution in [2.45, 2.75) is 13.0 Å². The zero-order chi connectivity index (χ0) is 12.0. The molecule has 17 heavy (non-hydrogen) atoms. The molecule has 0 bridgehead atoms. The molecule has 0 aliphatic heterocycles. The van der Waals surface area contributed by atoms with Gasteiger partial charge in [0.25, 0.3) is 0 Å². The fourth-order valence-corrected chi connectivity index (χ4v) is 2.95. The molecule has 0 unspecified atom stereocenters. The molecule has 1 aliphatic carbocycles. The minimum atomic E-state index is 0.00492. The molecule has 3 heteroatoms. The van der Waals surface area contributed by atoms with Crippen LogP contribution in [0.4, 0.5) is 0 Å². The molecule has 1 nitrogen and oxygen atoms in total. The Hall–Kier alpha value is -1.02. The Morgan fingerprint density at radius 3 is 2.53 bits per heavy atom. The number of aliphatic hydroxyl groups excluding tert-OH is 1. The lowest BCUT2D eigenvalue weighted by Gasteiger charge is -2.08. The number of halogens is 2. The Balaban J connectivity index is 2.28. The van der Waals surface area contributed by atoms with Crippen LogP contribution in [0.2, 0.25) is 10.0 Å². The Bertz CT molecular complexity index is 605. The topological polar surface area (TPSA) is 20.2 Å². The van der Waals surface area contributed by atoms with Gasteiger partial charge in [-0.05, 0) is 58.5 Å². The summed E-state index contributed by atoms with van der Waals surface area (Å²) in [5.41, 5.74) is 5.52. The van der Waals surface area contributed by atoms with Crippen molar-refractivity contribution in [1.29, 1.82) is 0 Å². The summed E-state index contributed by atoms with van der Waals surface area (Å²) in [4.78, 5) is 0. The highest BCUT2D eigenvalue weighted by Gasteiger charge is 2.21. The molecule has 1 N–H and O–H groups in total. The third-order valence-electron chi connectivity index (χ3n) is 3.15. The lowest BCUT2D eigenvalue weighted by Crippen LogP contribution is -1.90. The smallest absolute Gasteiger partial charge is 0.0688 e. The molecule has 0 fully saturated rings. The van der Waals surface area contributed by atoms with Gasteiger partial charge in [-0.2, -0.15) is 0 Å². The number of aliphatic hydroxyl groups is 1. The molecule has 0 spiro atoms. The van der Waals surface area contributed by atoms with Crippen LogP contribution in [0.1, 0.15) is 16.7 Å². The minimum Gasteiger partial charge on any atom is -0.392 e. The summed E-state index contributed by atoms with van der Waals surface area (Å²) in [6, 6.07) is 9.65. The third kappa shape index (κ3) is 1.75. The summed E-state index contributed by atoms with van der Waals surface area (Å²) in [6.07, 6.45) is 0.832. The maximum Gasteiger partial charge on any atom is 0.0688 e. The average Bonchev–Trinajstić information content (AvgIpc) is 2.64. The number of hydrogen-bond donors (Lipinski definition) is 1. The molecule has 2 aromatic rings. The molecule has 3 rings (SSSR count). The molecule has 2 aromatic carbocycles. The number of fused-ring (bicyclic) bond motifs is 3. The molecule has 0 amide bonds. The maximum atomic E-state index is 9.42. The van der Waals surface area contributed by atoms with E-state index in [0.29, 0.717) is 5.02 Å². The summed E-state index contributed by atoms with van der Waals surface area (Å²) in [5, 5.41) is 10.8. The van der Waals surface area contributed by atoms with Crippen LogP contribution in [0.3, 0.4) is 0 Å². The van der Waals surface area contributed by atoms with Gasteiger partial charge in [0.05, 0.1) is 6.61 Å². The molecular formula is C14H10Cl2O. The summed E-state index contributed by atoms with van der Waals surface area (Å²) < 4.78 is 0. The van der Waals surface area contributed by atoms with Crippen LogP contribution in [-0.2, 0) is 13.0 Å². The van der Waals surface area contributed by atoms with Crippen LogP contribution in [0.15, 0.2) is 30.3 Å². The van der Waals surface area contributed by atoms with Gasteiger partial charge >= 0.3 is 0 Å². The number of hydrogen-bond acceptors (Lipinski definition) is 1. The van der Waals surface area contributed by atoms with Gasteiger partial charge < -0.3 is 5.11 Å². The Morgan fingerprint density at radius 1 is 1.00 bits per heavy atom.